The van der Waals surface area contributed by atoms with Gasteiger partial charge in [0.2, 0.25) is 0 Å². The van der Waals surface area contributed by atoms with E-state index in [1.54, 1.807) is 0 Å². The largest absolute Gasteiger partial charge is 0.320 e. The quantitative estimate of drug-likeness (QED) is 0.343. The smallest absolute Gasteiger partial charge is 0.187 e. The number of aliphatic imine (C=N–C) groups is 2. The first-order chi connectivity index (χ1) is 16.3. The number of aromatic nitrogens is 2. The van der Waals surface area contributed by atoms with Crippen molar-refractivity contribution in [1.82, 2.24) is 9.55 Å². The van der Waals surface area contributed by atoms with Gasteiger partial charge in [-0.2, -0.15) is 0 Å². The molecule has 5 nitrogen and oxygen atoms in total. The first-order valence-corrected chi connectivity index (χ1v) is 12.2. The maximum absolute atomic E-state index is 13.2. The summed E-state index contributed by atoms with van der Waals surface area (Å²) in [6.07, 6.45) is 4.68. The number of Topliss-reactive ketones (excluding diaryl/α,β-unsaturated/α-hetero) is 1. The maximum Gasteiger partial charge on any atom is 0.187 e. The Morgan fingerprint density at radius 1 is 1.06 bits per heavy atom. The number of carbonyl (C=O) groups excluding carboxylic acids is 1. The van der Waals surface area contributed by atoms with E-state index in [1.807, 2.05) is 43.7 Å². The molecule has 0 unspecified atom stereocenters. The van der Waals surface area contributed by atoms with E-state index in [1.165, 1.54) is 0 Å². The van der Waals surface area contributed by atoms with Crippen molar-refractivity contribution in [1.29, 1.82) is 0 Å². The molecule has 0 amide bonds. The minimum Gasteiger partial charge on any atom is -0.320 e. The van der Waals surface area contributed by atoms with E-state index in [-0.39, 0.29) is 5.78 Å². The second-order valence-corrected chi connectivity index (χ2v) is 10.0. The second kappa shape index (κ2) is 10.1. The van der Waals surface area contributed by atoms with Gasteiger partial charge in [-0.15, -0.1) is 0 Å². The molecule has 2 heterocycles. The molecule has 4 rings (SSSR count). The van der Waals surface area contributed by atoms with Crippen molar-refractivity contribution in [2.24, 2.45) is 15.4 Å². The molecular formula is C28H31ClN4O. The van der Waals surface area contributed by atoms with Crippen LogP contribution in [-0.2, 0) is 13.0 Å². The molecule has 6 heteroatoms. The van der Waals surface area contributed by atoms with Gasteiger partial charge in [0.05, 0.1) is 6.54 Å². The third-order valence-electron chi connectivity index (χ3n) is 5.96. The standard InChI is InChI=1S/C28H31ClN4O/c1-5-6-11-23-32-26(29)24(25(34)28(2,3)4)33(23)18-19-12-14-20(15-13-19)21-9-7-8-10-22(21)27-30-16-17-31-27/h7-10,12-16H,5-6,11,17-18H2,1-4H3. The number of unbranched alkanes of at least 4 members (excludes halogenated alkanes) is 1. The Morgan fingerprint density at radius 2 is 1.76 bits per heavy atom. The first kappa shape index (κ1) is 24.1. The Bertz CT molecular complexity index is 1250. The highest BCUT2D eigenvalue weighted by molar-refractivity contribution is 6.32. The van der Waals surface area contributed by atoms with Crippen molar-refractivity contribution in [2.75, 3.05) is 6.54 Å². The lowest BCUT2D eigenvalue weighted by atomic mass is 9.89. The molecule has 34 heavy (non-hydrogen) atoms. The minimum atomic E-state index is -0.539. The van der Waals surface area contributed by atoms with Crippen LogP contribution >= 0.6 is 11.6 Å². The zero-order chi connectivity index (χ0) is 24.3. The monoisotopic (exact) mass is 474 g/mol. The van der Waals surface area contributed by atoms with Crippen LogP contribution in [-0.4, -0.2) is 33.9 Å². The van der Waals surface area contributed by atoms with E-state index in [0.29, 0.717) is 23.9 Å². The highest BCUT2D eigenvalue weighted by Gasteiger charge is 2.30. The Balaban J connectivity index is 1.67. The van der Waals surface area contributed by atoms with Crippen molar-refractivity contribution < 1.29 is 4.79 Å². The molecular weight excluding hydrogens is 444 g/mol. The van der Waals surface area contributed by atoms with Gasteiger partial charge in [0.1, 0.15) is 11.5 Å². The Kier molecular flexibility index (Phi) is 7.13. The van der Waals surface area contributed by atoms with E-state index in [9.17, 15) is 4.79 Å². The van der Waals surface area contributed by atoms with Crippen LogP contribution in [0.4, 0.5) is 0 Å². The van der Waals surface area contributed by atoms with Crippen LogP contribution in [0, 0.1) is 5.41 Å². The fourth-order valence-electron chi connectivity index (χ4n) is 4.09. The maximum atomic E-state index is 13.2. The fraction of sp³-hybridized carbons (Fsp3) is 0.357. The summed E-state index contributed by atoms with van der Waals surface area (Å²) in [5.41, 5.74) is 4.29. The van der Waals surface area contributed by atoms with Gasteiger partial charge in [-0.1, -0.05) is 94.2 Å². The van der Waals surface area contributed by atoms with Gasteiger partial charge < -0.3 is 4.57 Å². The number of amidine groups is 1. The second-order valence-electron chi connectivity index (χ2n) is 9.65. The molecule has 0 saturated carbocycles. The summed E-state index contributed by atoms with van der Waals surface area (Å²) in [5, 5.41) is 0.300. The van der Waals surface area contributed by atoms with Crippen LogP contribution in [0.1, 0.15) is 68.0 Å². The fourth-order valence-corrected chi connectivity index (χ4v) is 4.37. The molecule has 1 aliphatic rings. The zero-order valence-electron chi connectivity index (χ0n) is 20.3. The number of hydrogen-bond acceptors (Lipinski definition) is 4. The summed E-state index contributed by atoms with van der Waals surface area (Å²) in [5.74, 6) is 1.65. The van der Waals surface area contributed by atoms with Crippen molar-refractivity contribution in [3.63, 3.8) is 0 Å². The number of nitrogens with zero attached hydrogens (tertiary/aromatic N) is 4. The molecule has 176 valence electrons. The highest BCUT2D eigenvalue weighted by atomic mass is 35.5. The molecule has 1 aromatic heterocycles. The number of hydrogen-bond donors (Lipinski definition) is 0. The molecule has 0 spiro atoms. The predicted octanol–water partition coefficient (Wildman–Crippen LogP) is 6.65. The van der Waals surface area contributed by atoms with Crippen molar-refractivity contribution in [3.05, 3.63) is 76.3 Å². The van der Waals surface area contributed by atoms with Gasteiger partial charge in [-0.25, -0.2) is 9.98 Å². The van der Waals surface area contributed by atoms with Gasteiger partial charge in [-0.05, 0) is 23.1 Å². The van der Waals surface area contributed by atoms with Gasteiger partial charge in [-0.3, -0.25) is 9.79 Å². The van der Waals surface area contributed by atoms with Crippen LogP contribution in [0.2, 0.25) is 5.15 Å². The number of ketones is 1. The Hall–Kier alpha value is -3.05. The lowest BCUT2D eigenvalue weighted by Crippen LogP contribution is -2.24. The number of benzene rings is 2. The van der Waals surface area contributed by atoms with E-state index < -0.39 is 5.41 Å². The summed E-state index contributed by atoms with van der Waals surface area (Å²) >= 11 is 6.51. The van der Waals surface area contributed by atoms with E-state index in [4.69, 9.17) is 11.6 Å². The van der Waals surface area contributed by atoms with Crippen molar-refractivity contribution >= 4 is 29.4 Å². The summed E-state index contributed by atoms with van der Waals surface area (Å²) in [7, 11) is 0. The van der Waals surface area contributed by atoms with E-state index in [0.717, 1.165) is 53.2 Å². The number of rotatable bonds is 8. The van der Waals surface area contributed by atoms with E-state index in [2.05, 4.69) is 58.3 Å². The van der Waals surface area contributed by atoms with Crippen LogP contribution < -0.4 is 0 Å². The molecule has 2 aromatic carbocycles. The number of halogens is 1. The number of aryl methyl sites for hydroxylation is 1. The van der Waals surface area contributed by atoms with Gasteiger partial charge in [0.25, 0.3) is 0 Å². The lowest BCUT2D eigenvalue weighted by Gasteiger charge is -2.19. The molecule has 3 aromatic rings. The number of imidazole rings is 1. The third kappa shape index (κ3) is 5.05. The SMILES string of the molecule is CCCCc1nc(Cl)c(C(=O)C(C)(C)C)n1Cc1ccc(-c2ccccc2C2=NCC=N2)cc1. The molecule has 0 radical (unpaired) electrons. The molecule has 0 N–H and O–H groups in total. The van der Waals surface area contributed by atoms with Gasteiger partial charge >= 0.3 is 0 Å². The first-order valence-electron chi connectivity index (χ1n) is 11.8. The molecule has 0 atom stereocenters. The lowest BCUT2D eigenvalue weighted by molar-refractivity contribution is 0.0848. The summed E-state index contributed by atoms with van der Waals surface area (Å²) in [4.78, 5) is 26.7. The van der Waals surface area contributed by atoms with Crippen LogP contribution in [0.5, 0.6) is 0 Å². The third-order valence-corrected chi connectivity index (χ3v) is 6.23. The average molecular weight is 475 g/mol. The van der Waals surface area contributed by atoms with Crippen LogP contribution in [0.15, 0.2) is 58.5 Å². The minimum absolute atomic E-state index is 0.0104. The number of carbonyl (C=O) groups is 1. The summed E-state index contributed by atoms with van der Waals surface area (Å²) in [6, 6.07) is 16.6. The van der Waals surface area contributed by atoms with Gasteiger partial charge in [0.15, 0.2) is 16.8 Å². The molecule has 1 aliphatic heterocycles. The van der Waals surface area contributed by atoms with Crippen LogP contribution in [0.3, 0.4) is 0 Å². The molecule has 0 bridgehead atoms. The topological polar surface area (TPSA) is 59.6 Å². The van der Waals surface area contributed by atoms with Gasteiger partial charge in [0, 0.05) is 30.2 Å². The molecule has 0 saturated heterocycles. The molecule has 0 aliphatic carbocycles. The highest BCUT2D eigenvalue weighted by Crippen LogP contribution is 2.30. The van der Waals surface area contributed by atoms with Crippen LogP contribution in [0.25, 0.3) is 11.1 Å². The summed E-state index contributed by atoms with van der Waals surface area (Å²) in [6.45, 7) is 9.08. The predicted molar refractivity (Wildman–Crippen MR) is 141 cm³/mol. The Morgan fingerprint density at radius 3 is 2.38 bits per heavy atom. The normalized spacial score (nSPS) is 13.4. The summed E-state index contributed by atoms with van der Waals surface area (Å²) < 4.78 is 2.01. The van der Waals surface area contributed by atoms with Crippen molar-refractivity contribution in [3.8, 4) is 11.1 Å². The molecule has 0 fully saturated rings. The zero-order valence-corrected chi connectivity index (χ0v) is 21.1. The Labute approximate surface area is 206 Å². The van der Waals surface area contributed by atoms with E-state index >= 15 is 0 Å². The average Bonchev–Trinajstić information content (AvgIpc) is 3.45. The van der Waals surface area contributed by atoms with Crippen molar-refractivity contribution in [2.45, 2.75) is 53.5 Å².